The van der Waals surface area contributed by atoms with Gasteiger partial charge in [0.1, 0.15) is 0 Å². The summed E-state index contributed by atoms with van der Waals surface area (Å²) in [4.78, 5) is 22.8. The highest BCUT2D eigenvalue weighted by atomic mass is 16.2. The van der Waals surface area contributed by atoms with Crippen molar-refractivity contribution in [1.29, 1.82) is 0 Å². The molecule has 0 bridgehead atoms. The zero-order valence-corrected chi connectivity index (χ0v) is 9.31. The fourth-order valence-corrected chi connectivity index (χ4v) is 1.07. The highest BCUT2D eigenvalue weighted by Gasteiger charge is 2.13. The summed E-state index contributed by atoms with van der Waals surface area (Å²) in [5.74, 6) is -1.14. The maximum atomic E-state index is 11.4. The first-order valence-corrected chi connectivity index (χ1v) is 4.87. The maximum Gasteiger partial charge on any atom is 0.308 e. The number of rotatable bonds is 4. The van der Waals surface area contributed by atoms with Gasteiger partial charge in [-0.2, -0.15) is 0 Å². The molecule has 4 nitrogen and oxygen atoms in total. The number of nitrogens with zero attached hydrogens (tertiary/aromatic N) is 1. The Balaban J connectivity index is 2.65. The zero-order chi connectivity index (χ0) is 12.0. The number of hydrazine groups is 1. The average Bonchev–Trinajstić information content (AvgIpc) is 2.35. The van der Waals surface area contributed by atoms with Crippen molar-refractivity contribution >= 4 is 17.8 Å². The van der Waals surface area contributed by atoms with Crippen LogP contribution in [0.5, 0.6) is 0 Å². The lowest BCUT2D eigenvalue weighted by Gasteiger charge is -2.12. The molecular formula is C12H14N2O2. The first-order chi connectivity index (χ1) is 7.65. The summed E-state index contributed by atoms with van der Waals surface area (Å²) >= 11 is 0. The van der Waals surface area contributed by atoms with Crippen molar-refractivity contribution in [3.8, 4) is 0 Å². The van der Waals surface area contributed by atoms with Crippen molar-refractivity contribution in [2.45, 2.75) is 0 Å². The molecule has 0 aliphatic rings. The van der Waals surface area contributed by atoms with Crippen LogP contribution in [0.3, 0.4) is 0 Å². The summed E-state index contributed by atoms with van der Waals surface area (Å²) in [6, 6.07) is 9.34. The van der Waals surface area contributed by atoms with Gasteiger partial charge >= 0.3 is 5.91 Å². The first kappa shape index (κ1) is 12.1. The highest BCUT2D eigenvalue weighted by molar-refractivity contribution is 6.41. The van der Waals surface area contributed by atoms with Crippen LogP contribution in [-0.2, 0) is 9.59 Å². The Morgan fingerprint density at radius 2 is 1.88 bits per heavy atom. The Morgan fingerprint density at radius 1 is 1.25 bits per heavy atom. The Kier molecular flexibility index (Phi) is 4.42. The highest BCUT2D eigenvalue weighted by Crippen LogP contribution is 2.01. The molecular weight excluding hydrogens is 204 g/mol. The summed E-state index contributed by atoms with van der Waals surface area (Å²) < 4.78 is 0. The summed E-state index contributed by atoms with van der Waals surface area (Å²) in [7, 11) is 3.07. The quantitative estimate of drug-likeness (QED) is 0.463. The molecule has 0 radical (unpaired) electrons. The van der Waals surface area contributed by atoms with Crippen LogP contribution in [0, 0.1) is 0 Å². The molecule has 0 saturated carbocycles. The molecule has 4 heteroatoms. The maximum absolute atomic E-state index is 11.4. The number of carbonyl (C=O) groups excluding carboxylic acids is 2. The molecule has 0 unspecified atom stereocenters. The number of nitrogens with one attached hydrogen (secondary N) is 1. The normalized spacial score (nSPS) is 10.4. The van der Waals surface area contributed by atoms with Crippen molar-refractivity contribution in [2.24, 2.45) is 0 Å². The van der Waals surface area contributed by atoms with E-state index in [1.54, 1.807) is 13.1 Å². The number of hydrogen-bond acceptors (Lipinski definition) is 3. The molecule has 0 aromatic heterocycles. The van der Waals surface area contributed by atoms with E-state index in [2.05, 4.69) is 5.43 Å². The number of likely N-dealkylation sites (N-methyl/N-ethyl adjacent to an activating group) is 1. The van der Waals surface area contributed by atoms with Gasteiger partial charge in [-0.05, 0) is 11.6 Å². The molecule has 0 heterocycles. The molecule has 1 aromatic carbocycles. The third-order valence-corrected chi connectivity index (χ3v) is 2.08. The topological polar surface area (TPSA) is 49.4 Å². The van der Waals surface area contributed by atoms with Gasteiger partial charge in [0, 0.05) is 14.1 Å². The Labute approximate surface area is 94.5 Å². The number of carbonyl (C=O) groups is 2. The lowest BCUT2D eigenvalue weighted by molar-refractivity contribution is -0.143. The van der Waals surface area contributed by atoms with E-state index >= 15 is 0 Å². The van der Waals surface area contributed by atoms with Crippen LogP contribution in [0.1, 0.15) is 5.56 Å². The SMILES string of the molecule is CNN(C)C(=O)C(=O)/C=C/c1ccccc1. The monoisotopic (exact) mass is 218 g/mol. The minimum Gasteiger partial charge on any atom is -0.284 e. The predicted octanol–water partition coefficient (Wildman–Crippen LogP) is 0.862. The smallest absolute Gasteiger partial charge is 0.284 e. The van der Waals surface area contributed by atoms with Gasteiger partial charge in [-0.3, -0.25) is 14.6 Å². The number of ketones is 1. The first-order valence-electron chi connectivity index (χ1n) is 4.87. The standard InChI is InChI=1S/C12H14N2O2/c1-13-14(2)12(16)11(15)9-8-10-6-4-3-5-7-10/h3-9,13H,1-2H3/b9-8+. The van der Waals surface area contributed by atoms with Crippen molar-refractivity contribution in [3.05, 3.63) is 42.0 Å². The lowest BCUT2D eigenvalue weighted by Crippen LogP contribution is -2.40. The molecule has 1 aromatic rings. The summed E-state index contributed by atoms with van der Waals surface area (Å²) in [5.41, 5.74) is 3.46. The lowest BCUT2D eigenvalue weighted by atomic mass is 10.2. The summed E-state index contributed by atoms with van der Waals surface area (Å²) in [5, 5.41) is 1.14. The third kappa shape index (κ3) is 3.33. The molecule has 0 fully saturated rings. The molecule has 84 valence electrons. The van der Waals surface area contributed by atoms with E-state index in [9.17, 15) is 9.59 Å². The van der Waals surface area contributed by atoms with Crippen molar-refractivity contribution in [2.75, 3.05) is 14.1 Å². The van der Waals surface area contributed by atoms with Crippen molar-refractivity contribution in [3.63, 3.8) is 0 Å². The number of amides is 1. The Bertz CT molecular complexity index is 399. The second-order valence-electron chi connectivity index (χ2n) is 3.20. The average molecular weight is 218 g/mol. The largest absolute Gasteiger partial charge is 0.308 e. The Morgan fingerprint density at radius 3 is 2.44 bits per heavy atom. The van der Waals surface area contributed by atoms with E-state index in [1.807, 2.05) is 30.3 Å². The van der Waals surface area contributed by atoms with E-state index in [1.165, 1.54) is 13.1 Å². The molecule has 16 heavy (non-hydrogen) atoms. The van der Waals surface area contributed by atoms with Crippen LogP contribution in [0.15, 0.2) is 36.4 Å². The minimum absolute atomic E-state index is 0.555. The van der Waals surface area contributed by atoms with Gasteiger partial charge in [0.05, 0.1) is 0 Å². The zero-order valence-electron chi connectivity index (χ0n) is 9.31. The van der Waals surface area contributed by atoms with Crippen LogP contribution in [0.25, 0.3) is 6.08 Å². The molecule has 0 spiro atoms. The van der Waals surface area contributed by atoms with Crippen LogP contribution in [0.2, 0.25) is 0 Å². The van der Waals surface area contributed by atoms with Crippen LogP contribution < -0.4 is 5.43 Å². The van der Waals surface area contributed by atoms with Gasteiger partial charge in [0.2, 0.25) is 5.78 Å². The fraction of sp³-hybridized carbons (Fsp3) is 0.167. The Hall–Kier alpha value is -1.94. The van der Waals surface area contributed by atoms with E-state index < -0.39 is 11.7 Å². The molecule has 1 rings (SSSR count). The molecule has 1 N–H and O–H groups in total. The number of hydrogen-bond donors (Lipinski definition) is 1. The van der Waals surface area contributed by atoms with Crippen molar-refractivity contribution < 1.29 is 9.59 Å². The van der Waals surface area contributed by atoms with Crippen LogP contribution >= 0.6 is 0 Å². The van der Waals surface area contributed by atoms with E-state index in [0.717, 1.165) is 10.6 Å². The molecule has 0 atom stereocenters. The van der Waals surface area contributed by atoms with Crippen LogP contribution in [0.4, 0.5) is 0 Å². The summed E-state index contributed by atoms with van der Waals surface area (Å²) in [6.45, 7) is 0. The second-order valence-corrected chi connectivity index (χ2v) is 3.20. The molecule has 0 aliphatic heterocycles. The van der Waals surface area contributed by atoms with E-state index in [-0.39, 0.29) is 0 Å². The van der Waals surface area contributed by atoms with Gasteiger partial charge < -0.3 is 0 Å². The minimum atomic E-state index is -0.588. The molecule has 1 amide bonds. The van der Waals surface area contributed by atoms with Gasteiger partial charge in [-0.25, -0.2) is 5.43 Å². The molecule has 0 saturated heterocycles. The van der Waals surface area contributed by atoms with Crippen molar-refractivity contribution in [1.82, 2.24) is 10.4 Å². The van der Waals surface area contributed by atoms with Gasteiger partial charge in [0.25, 0.3) is 0 Å². The number of benzene rings is 1. The van der Waals surface area contributed by atoms with E-state index in [0.29, 0.717) is 0 Å². The van der Waals surface area contributed by atoms with E-state index in [4.69, 9.17) is 0 Å². The fourth-order valence-electron chi connectivity index (χ4n) is 1.07. The second kappa shape index (κ2) is 5.82. The van der Waals surface area contributed by atoms with Gasteiger partial charge in [-0.15, -0.1) is 0 Å². The summed E-state index contributed by atoms with van der Waals surface area (Å²) in [6.07, 6.45) is 2.88. The van der Waals surface area contributed by atoms with Gasteiger partial charge in [0.15, 0.2) is 0 Å². The van der Waals surface area contributed by atoms with Crippen LogP contribution in [-0.4, -0.2) is 30.8 Å². The third-order valence-electron chi connectivity index (χ3n) is 2.08. The predicted molar refractivity (Wildman–Crippen MR) is 62.3 cm³/mol. The molecule has 0 aliphatic carbocycles. The van der Waals surface area contributed by atoms with Gasteiger partial charge in [-0.1, -0.05) is 36.4 Å².